The third kappa shape index (κ3) is 12.3. The van der Waals surface area contributed by atoms with Crippen LogP contribution in [0.15, 0.2) is 29.2 Å². The molecule has 46 heavy (non-hydrogen) atoms. The van der Waals surface area contributed by atoms with Gasteiger partial charge in [0.05, 0.1) is 42.0 Å². The van der Waals surface area contributed by atoms with Gasteiger partial charge in [-0.2, -0.15) is 8.42 Å². The SMILES string of the molecule is CCC(CC(CC(C)(CC(C)(C)C(=O)OCC1CO1)C(=O)OC)C(=O)OCCCCO)C(=O)NCOS(=O)(=O)c1ccc(C)cc1. The third-order valence-corrected chi connectivity index (χ3v) is 9.17. The number of unbranched alkanes of at least 4 members (excludes halogenated alkanes) is 1. The predicted octanol–water partition coefficient (Wildman–Crippen LogP) is 3.05. The lowest BCUT2D eigenvalue weighted by Crippen LogP contribution is -2.42. The van der Waals surface area contributed by atoms with Gasteiger partial charge in [0.1, 0.15) is 19.4 Å². The van der Waals surface area contributed by atoms with Gasteiger partial charge >= 0.3 is 17.9 Å². The Morgan fingerprint density at radius 2 is 1.70 bits per heavy atom. The predicted molar refractivity (Wildman–Crippen MR) is 165 cm³/mol. The summed E-state index contributed by atoms with van der Waals surface area (Å²) in [6.07, 6.45) is 0.801. The molecule has 1 amide bonds. The van der Waals surface area contributed by atoms with Crippen LogP contribution in [0.3, 0.4) is 0 Å². The summed E-state index contributed by atoms with van der Waals surface area (Å²) in [6, 6.07) is 6.05. The Morgan fingerprint density at radius 1 is 1.04 bits per heavy atom. The third-order valence-electron chi connectivity index (χ3n) is 7.90. The molecule has 0 bridgehead atoms. The number of aliphatic hydroxyl groups excluding tert-OH is 1. The molecule has 1 aliphatic heterocycles. The Kier molecular flexibility index (Phi) is 15.1. The molecule has 1 aromatic carbocycles. The van der Waals surface area contributed by atoms with Gasteiger partial charge in [0.2, 0.25) is 5.91 Å². The molecule has 1 aliphatic rings. The summed E-state index contributed by atoms with van der Waals surface area (Å²) in [5.74, 6) is -4.14. The van der Waals surface area contributed by atoms with Crippen LogP contribution in [0.2, 0.25) is 0 Å². The van der Waals surface area contributed by atoms with E-state index in [0.29, 0.717) is 19.4 Å². The summed E-state index contributed by atoms with van der Waals surface area (Å²) < 4.78 is 51.2. The molecule has 1 aromatic rings. The normalized spacial score (nSPS) is 17.2. The van der Waals surface area contributed by atoms with Crippen LogP contribution in [0, 0.1) is 29.6 Å². The van der Waals surface area contributed by atoms with Crippen molar-refractivity contribution in [2.24, 2.45) is 22.7 Å². The molecule has 14 heteroatoms. The lowest BCUT2D eigenvalue weighted by Gasteiger charge is -2.36. The number of aryl methyl sites for hydroxylation is 1. The van der Waals surface area contributed by atoms with E-state index in [0.717, 1.165) is 5.56 Å². The molecule has 260 valence electrons. The zero-order valence-electron chi connectivity index (χ0n) is 27.7. The van der Waals surface area contributed by atoms with Gasteiger partial charge in [-0.1, -0.05) is 24.6 Å². The van der Waals surface area contributed by atoms with Crippen molar-refractivity contribution in [3.63, 3.8) is 0 Å². The van der Waals surface area contributed by atoms with E-state index in [-0.39, 0.29) is 56.5 Å². The first-order valence-electron chi connectivity index (χ1n) is 15.5. The number of epoxide rings is 1. The van der Waals surface area contributed by atoms with E-state index >= 15 is 0 Å². The molecule has 13 nitrogen and oxygen atoms in total. The van der Waals surface area contributed by atoms with E-state index < -0.39 is 63.3 Å². The summed E-state index contributed by atoms with van der Waals surface area (Å²) in [5.41, 5.74) is -1.63. The maximum Gasteiger partial charge on any atom is 0.311 e. The molecule has 1 saturated heterocycles. The number of hydrogen-bond donors (Lipinski definition) is 2. The van der Waals surface area contributed by atoms with E-state index in [1.807, 2.05) is 6.92 Å². The minimum atomic E-state index is -4.13. The molecule has 1 heterocycles. The highest BCUT2D eigenvalue weighted by molar-refractivity contribution is 7.86. The Balaban J connectivity index is 2.20. The summed E-state index contributed by atoms with van der Waals surface area (Å²) in [5, 5.41) is 11.6. The smallest absolute Gasteiger partial charge is 0.311 e. The number of carbonyl (C=O) groups excluding carboxylic acids is 4. The van der Waals surface area contributed by atoms with E-state index in [2.05, 4.69) is 5.32 Å². The van der Waals surface area contributed by atoms with Crippen LogP contribution in [0.25, 0.3) is 0 Å². The van der Waals surface area contributed by atoms with Crippen LogP contribution in [-0.2, 0) is 52.4 Å². The molecule has 4 atom stereocenters. The van der Waals surface area contributed by atoms with Crippen LogP contribution in [0.4, 0.5) is 0 Å². The van der Waals surface area contributed by atoms with Crippen LogP contribution < -0.4 is 5.32 Å². The van der Waals surface area contributed by atoms with Crippen molar-refractivity contribution in [2.45, 2.75) is 84.1 Å². The molecule has 0 radical (unpaired) electrons. The molecular weight excluding hydrogens is 622 g/mol. The molecule has 2 rings (SSSR count). The van der Waals surface area contributed by atoms with Gasteiger partial charge in [0, 0.05) is 12.5 Å². The molecule has 4 unspecified atom stereocenters. The quantitative estimate of drug-likeness (QED) is 0.0487. The number of ether oxygens (including phenoxy) is 4. The maximum atomic E-state index is 13.4. The number of carbonyl (C=O) groups is 4. The van der Waals surface area contributed by atoms with Crippen molar-refractivity contribution in [3.05, 3.63) is 29.8 Å². The number of hydrogen-bond acceptors (Lipinski definition) is 12. The topological polar surface area (TPSA) is 184 Å². The van der Waals surface area contributed by atoms with Gasteiger partial charge in [-0.25, -0.2) is 4.18 Å². The second-order valence-electron chi connectivity index (χ2n) is 12.6. The van der Waals surface area contributed by atoms with Gasteiger partial charge < -0.3 is 29.4 Å². The fourth-order valence-corrected chi connectivity index (χ4v) is 6.08. The van der Waals surface area contributed by atoms with Crippen LogP contribution >= 0.6 is 0 Å². The number of aliphatic hydroxyl groups is 1. The number of methoxy groups -OCH3 is 1. The number of benzene rings is 1. The monoisotopic (exact) mass is 671 g/mol. The van der Waals surface area contributed by atoms with Crippen molar-refractivity contribution in [1.82, 2.24) is 5.32 Å². The highest BCUT2D eigenvalue weighted by atomic mass is 32.2. The standard InChI is InChI=1S/C32H49NO12S/c1-7-23(27(35)33-21-45-46(39,40)26-12-10-22(2)11-13-26)16-24(28(36)42-15-9-8-14-34)17-32(5,30(38)41-6)20-31(3,4)29(37)44-19-25-18-43-25/h10-13,23-25,34H,7-9,14-21H2,1-6H3,(H,33,35). The van der Waals surface area contributed by atoms with Gasteiger partial charge in [-0.15, -0.1) is 0 Å². The minimum absolute atomic E-state index is 0.0274. The zero-order chi connectivity index (χ0) is 34.5. The molecular formula is C32H49NO12S. The van der Waals surface area contributed by atoms with E-state index in [1.54, 1.807) is 39.8 Å². The first-order valence-corrected chi connectivity index (χ1v) is 16.9. The maximum absolute atomic E-state index is 13.4. The van der Waals surface area contributed by atoms with Gasteiger partial charge in [0.25, 0.3) is 10.1 Å². The number of amides is 1. The highest BCUT2D eigenvalue weighted by Crippen LogP contribution is 2.42. The molecule has 0 aromatic heterocycles. The average Bonchev–Trinajstić information content (AvgIpc) is 3.84. The number of esters is 3. The average molecular weight is 672 g/mol. The number of nitrogens with one attached hydrogen (secondary N) is 1. The second-order valence-corrected chi connectivity index (χ2v) is 14.2. The van der Waals surface area contributed by atoms with Crippen LogP contribution in [0.5, 0.6) is 0 Å². The molecule has 2 N–H and O–H groups in total. The van der Waals surface area contributed by atoms with Crippen molar-refractivity contribution < 1.29 is 55.8 Å². The summed E-state index contributed by atoms with van der Waals surface area (Å²) in [6.45, 7) is 8.37. The van der Waals surface area contributed by atoms with Crippen molar-refractivity contribution in [2.75, 3.05) is 40.3 Å². The molecule has 0 saturated carbocycles. The zero-order valence-corrected chi connectivity index (χ0v) is 28.5. The first-order chi connectivity index (χ1) is 21.6. The van der Waals surface area contributed by atoms with E-state index in [9.17, 15) is 27.6 Å². The fourth-order valence-electron chi connectivity index (χ4n) is 5.26. The lowest BCUT2D eigenvalue weighted by atomic mass is 9.68. The van der Waals surface area contributed by atoms with Gasteiger partial charge in [-0.3, -0.25) is 19.2 Å². The summed E-state index contributed by atoms with van der Waals surface area (Å²) in [4.78, 5) is 52.7. The summed E-state index contributed by atoms with van der Waals surface area (Å²) >= 11 is 0. The summed E-state index contributed by atoms with van der Waals surface area (Å²) in [7, 11) is -2.91. The van der Waals surface area contributed by atoms with Crippen LogP contribution in [0.1, 0.15) is 71.8 Å². The van der Waals surface area contributed by atoms with Crippen LogP contribution in [-0.4, -0.2) is 83.7 Å². The van der Waals surface area contributed by atoms with Gasteiger partial charge in [0.15, 0.2) is 0 Å². The van der Waals surface area contributed by atoms with E-state index in [4.69, 9.17) is 28.2 Å². The largest absolute Gasteiger partial charge is 0.469 e. The Labute approximate surface area is 271 Å². The minimum Gasteiger partial charge on any atom is -0.469 e. The second kappa shape index (κ2) is 17.7. The van der Waals surface area contributed by atoms with Crippen molar-refractivity contribution in [3.8, 4) is 0 Å². The highest BCUT2D eigenvalue weighted by Gasteiger charge is 2.47. The Bertz CT molecular complexity index is 1280. The number of rotatable bonds is 21. The Morgan fingerprint density at radius 3 is 2.26 bits per heavy atom. The molecule has 0 aliphatic carbocycles. The van der Waals surface area contributed by atoms with Crippen molar-refractivity contribution in [1.29, 1.82) is 0 Å². The fraction of sp³-hybridized carbons (Fsp3) is 0.688. The van der Waals surface area contributed by atoms with E-state index in [1.165, 1.54) is 19.2 Å². The Hall–Kier alpha value is -3.07. The van der Waals surface area contributed by atoms with Gasteiger partial charge in [-0.05, 0) is 78.4 Å². The first kappa shape index (κ1) is 39.1. The lowest BCUT2D eigenvalue weighted by molar-refractivity contribution is -0.164. The molecule has 0 spiro atoms. The molecule has 1 fully saturated rings. The van der Waals surface area contributed by atoms with Crippen molar-refractivity contribution >= 4 is 33.9 Å².